The molecule has 0 saturated heterocycles. The second-order valence-corrected chi connectivity index (χ2v) is 8.05. The number of rotatable bonds is 4. The van der Waals surface area contributed by atoms with Crippen LogP contribution in [0.2, 0.25) is 0 Å². The number of hydrogen-bond donors (Lipinski definition) is 0. The average Bonchev–Trinajstić information content (AvgIpc) is 3.38. The lowest BCUT2D eigenvalue weighted by molar-refractivity contribution is 1.31. The molecular formula is C20H19S+. The molecule has 0 aliphatic heterocycles. The lowest BCUT2D eigenvalue weighted by atomic mass is 10.1. The Kier molecular flexibility index (Phi) is 3.44. The van der Waals surface area contributed by atoms with Gasteiger partial charge in [-0.25, -0.2) is 0 Å². The summed E-state index contributed by atoms with van der Waals surface area (Å²) in [6.45, 7) is 0. The predicted molar refractivity (Wildman–Crippen MR) is 92.7 cm³/mol. The molecule has 0 bridgehead atoms. The molecule has 1 heteroatoms. The van der Waals surface area contributed by atoms with E-state index in [0.717, 1.165) is 5.25 Å². The molecule has 0 spiro atoms. The molecule has 1 unspecified atom stereocenters. The van der Waals surface area contributed by atoms with Crippen molar-refractivity contribution in [1.29, 1.82) is 0 Å². The lowest BCUT2D eigenvalue weighted by Crippen LogP contribution is -2.11. The van der Waals surface area contributed by atoms with E-state index in [-0.39, 0.29) is 0 Å². The normalized spacial score (nSPS) is 16.0. The molecular weight excluding hydrogens is 272 g/mol. The molecule has 104 valence electrons. The van der Waals surface area contributed by atoms with Crippen molar-refractivity contribution in [2.24, 2.45) is 0 Å². The highest BCUT2D eigenvalue weighted by molar-refractivity contribution is 7.97. The smallest absolute Gasteiger partial charge is 0.0619 e. The van der Waals surface area contributed by atoms with E-state index in [1.165, 1.54) is 39.8 Å². The van der Waals surface area contributed by atoms with E-state index in [0.29, 0.717) is 10.9 Å². The highest BCUT2D eigenvalue weighted by Crippen LogP contribution is 2.37. The quantitative estimate of drug-likeness (QED) is 0.581. The van der Waals surface area contributed by atoms with Crippen molar-refractivity contribution in [2.45, 2.75) is 28.7 Å². The van der Waals surface area contributed by atoms with Crippen molar-refractivity contribution in [3.63, 3.8) is 0 Å². The molecule has 0 nitrogen and oxygen atoms in total. The van der Waals surface area contributed by atoms with Crippen LogP contribution in [0.15, 0.2) is 77.7 Å². The first-order chi connectivity index (χ1) is 10.4. The third-order valence-electron chi connectivity index (χ3n) is 4.11. The van der Waals surface area contributed by atoms with Gasteiger partial charge >= 0.3 is 0 Å². The summed E-state index contributed by atoms with van der Waals surface area (Å²) in [6.07, 6.45) is 2.82. The maximum atomic E-state index is 2.38. The Morgan fingerprint density at radius 3 is 2.24 bits per heavy atom. The summed E-state index contributed by atoms with van der Waals surface area (Å²) in [4.78, 5) is 1.54. The van der Waals surface area contributed by atoms with Gasteiger partial charge in [-0.15, -0.1) is 0 Å². The minimum atomic E-state index is 0.378. The molecule has 1 atom stereocenters. The fourth-order valence-electron chi connectivity index (χ4n) is 2.85. The van der Waals surface area contributed by atoms with Gasteiger partial charge in [-0.3, -0.25) is 0 Å². The van der Waals surface area contributed by atoms with Crippen LogP contribution in [0.25, 0.3) is 10.8 Å². The SMILES string of the molecule is c1ccc([S+](Cc2ccc3ccccc3c2)C2CC2)cc1. The minimum Gasteiger partial charge on any atom is -0.0619 e. The van der Waals surface area contributed by atoms with E-state index in [2.05, 4.69) is 72.8 Å². The zero-order valence-electron chi connectivity index (χ0n) is 12.0. The fourth-order valence-corrected chi connectivity index (χ4v) is 5.39. The van der Waals surface area contributed by atoms with Crippen LogP contribution in [-0.2, 0) is 16.6 Å². The van der Waals surface area contributed by atoms with Crippen LogP contribution in [0.5, 0.6) is 0 Å². The molecule has 1 aliphatic rings. The fraction of sp³-hybridized carbons (Fsp3) is 0.200. The Balaban J connectivity index is 1.65. The van der Waals surface area contributed by atoms with E-state index in [9.17, 15) is 0 Å². The maximum Gasteiger partial charge on any atom is 0.155 e. The molecule has 1 aliphatic carbocycles. The van der Waals surface area contributed by atoms with Gasteiger partial charge in [0, 0.05) is 29.3 Å². The van der Waals surface area contributed by atoms with E-state index >= 15 is 0 Å². The molecule has 3 aromatic carbocycles. The molecule has 1 fully saturated rings. The van der Waals surface area contributed by atoms with Crippen LogP contribution in [-0.4, -0.2) is 5.25 Å². The second-order valence-electron chi connectivity index (χ2n) is 5.77. The van der Waals surface area contributed by atoms with Gasteiger partial charge in [-0.2, -0.15) is 0 Å². The third kappa shape index (κ3) is 2.84. The van der Waals surface area contributed by atoms with Crippen molar-refractivity contribution in [1.82, 2.24) is 0 Å². The lowest BCUT2D eigenvalue weighted by Gasteiger charge is -2.08. The van der Waals surface area contributed by atoms with Gasteiger partial charge in [0.25, 0.3) is 0 Å². The average molecular weight is 291 g/mol. The van der Waals surface area contributed by atoms with Crippen molar-refractivity contribution >= 4 is 21.7 Å². The largest absolute Gasteiger partial charge is 0.155 e. The first kappa shape index (κ1) is 13.0. The highest BCUT2D eigenvalue weighted by Gasteiger charge is 2.41. The van der Waals surface area contributed by atoms with Crippen LogP contribution in [0.4, 0.5) is 0 Å². The Morgan fingerprint density at radius 1 is 0.762 bits per heavy atom. The Hall–Kier alpha value is -1.73. The minimum absolute atomic E-state index is 0.378. The first-order valence-corrected chi connectivity index (χ1v) is 9.08. The molecule has 21 heavy (non-hydrogen) atoms. The monoisotopic (exact) mass is 291 g/mol. The van der Waals surface area contributed by atoms with Gasteiger partial charge in [0.2, 0.25) is 0 Å². The zero-order valence-corrected chi connectivity index (χ0v) is 12.9. The summed E-state index contributed by atoms with van der Waals surface area (Å²) >= 11 is 0. The summed E-state index contributed by atoms with van der Waals surface area (Å²) < 4.78 is 0. The van der Waals surface area contributed by atoms with E-state index < -0.39 is 0 Å². The van der Waals surface area contributed by atoms with Gasteiger partial charge in [-0.1, -0.05) is 54.6 Å². The Morgan fingerprint density at radius 2 is 1.48 bits per heavy atom. The van der Waals surface area contributed by atoms with Crippen LogP contribution >= 0.6 is 0 Å². The van der Waals surface area contributed by atoms with Crippen molar-refractivity contribution < 1.29 is 0 Å². The van der Waals surface area contributed by atoms with Gasteiger partial charge in [0.15, 0.2) is 4.90 Å². The highest BCUT2D eigenvalue weighted by atomic mass is 32.2. The van der Waals surface area contributed by atoms with E-state index in [1.54, 1.807) is 0 Å². The van der Waals surface area contributed by atoms with Gasteiger partial charge in [0.1, 0.15) is 11.0 Å². The number of hydrogen-bond acceptors (Lipinski definition) is 0. The van der Waals surface area contributed by atoms with Crippen molar-refractivity contribution in [2.75, 3.05) is 0 Å². The van der Waals surface area contributed by atoms with Crippen molar-refractivity contribution in [3.05, 3.63) is 78.4 Å². The molecule has 4 rings (SSSR count). The van der Waals surface area contributed by atoms with E-state index in [1.807, 2.05) is 0 Å². The molecule has 0 amide bonds. The van der Waals surface area contributed by atoms with Crippen LogP contribution < -0.4 is 0 Å². The summed E-state index contributed by atoms with van der Waals surface area (Å²) in [5.74, 6) is 1.19. The zero-order chi connectivity index (χ0) is 14.1. The Bertz CT molecular complexity index is 744. The summed E-state index contributed by atoms with van der Waals surface area (Å²) in [6, 6.07) is 26.7. The number of fused-ring (bicyclic) bond motifs is 1. The van der Waals surface area contributed by atoms with Crippen LogP contribution in [0.3, 0.4) is 0 Å². The molecule has 3 aromatic rings. The predicted octanol–water partition coefficient (Wildman–Crippen LogP) is 5.18. The number of benzene rings is 3. The van der Waals surface area contributed by atoms with Gasteiger partial charge in [0.05, 0.1) is 0 Å². The summed E-state index contributed by atoms with van der Waals surface area (Å²) in [5, 5.41) is 3.62. The second kappa shape index (κ2) is 5.57. The maximum absolute atomic E-state index is 2.38. The molecule has 0 aromatic heterocycles. The van der Waals surface area contributed by atoms with E-state index in [4.69, 9.17) is 0 Å². The summed E-state index contributed by atoms with van der Waals surface area (Å²) in [7, 11) is 0.378. The molecule has 0 heterocycles. The molecule has 1 saturated carbocycles. The molecule has 0 radical (unpaired) electrons. The van der Waals surface area contributed by atoms with Crippen LogP contribution in [0.1, 0.15) is 18.4 Å². The standard InChI is InChI=1S/C20H19S/c1-2-8-19(9-3-1)21(20-12-13-20)15-16-10-11-17-6-4-5-7-18(17)14-16/h1-11,14,20H,12-13,15H2/q+1. The topological polar surface area (TPSA) is 0 Å². The molecule has 0 N–H and O–H groups in total. The Labute approximate surface area is 129 Å². The van der Waals surface area contributed by atoms with Gasteiger partial charge < -0.3 is 0 Å². The third-order valence-corrected chi connectivity index (χ3v) is 6.91. The van der Waals surface area contributed by atoms with Gasteiger partial charge in [-0.05, 0) is 29.0 Å². The first-order valence-electron chi connectivity index (χ1n) is 7.62. The van der Waals surface area contributed by atoms with Crippen LogP contribution in [0, 0.1) is 0 Å². The van der Waals surface area contributed by atoms with Crippen molar-refractivity contribution in [3.8, 4) is 0 Å². The summed E-state index contributed by atoms with van der Waals surface area (Å²) in [5.41, 5.74) is 1.48.